The molecule has 0 N–H and O–H groups in total. The summed E-state index contributed by atoms with van der Waals surface area (Å²) in [7, 11) is -2.56. The van der Waals surface area contributed by atoms with Crippen molar-refractivity contribution in [3.8, 4) is 11.1 Å². The van der Waals surface area contributed by atoms with E-state index in [-0.39, 0.29) is 60.2 Å². The van der Waals surface area contributed by atoms with Gasteiger partial charge in [0.15, 0.2) is 0 Å². The molecule has 3 fully saturated rings. The first-order chi connectivity index (χ1) is 17.0. The number of benzene rings is 2. The average Bonchev–Trinajstić information content (AvgIpc) is 3.50. The van der Waals surface area contributed by atoms with Gasteiger partial charge in [-0.25, -0.2) is 21.6 Å². The summed E-state index contributed by atoms with van der Waals surface area (Å²) in [6, 6.07) is 9.62. The predicted octanol–water partition coefficient (Wildman–Crippen LogP) is 5.38. The lowest BCUT2D eigenvalue weighted by atomic mass is 9.90. The Bertz CT molecular complexity index is 1280. The highest BCUT2D eigenvalue weighted by molar-refractivity contribution is 7.89. The van der Waals surface area contributed by atoms with Crippen LogP contribution < -0.4 is 0 Å². The van der Waals surface area contributed by atoms with Gasteiger partial charge in [-0.15, -0.1) is 0 Å². The minimum Gasteiger partial charge on any atom is -0.341 e. The number of likely N-dealkylation sites (N-methyl/N-ethyl adjacent to an activating group) is 1. The van der Waals surface area contributed by atoms with Crippen molar-refractivity contribution >= 4 is 15.9 Å². The number of nitrogens with zero attached hydrogens (tertiary/aromatic N) is 2. The number of carbonyl (C=O) groups is 1. The Morgan fingerprint density at radius 2 is 1.67 bits per heavy atom. The molecule has 3 aliphatic rings. The number of rotatable bonds is 5. The summed E-state index contributed by atoms with van der Waals surface area (Å²) in [5, 5.41) is 0. The van der Waals surface area contributed by atoms with E-state index in [1.807, 2.05) is 6.92 Å². The van der Waals surface area contributed by atoms with E-state index in [1.165, 1.54) is 21.3 Å². The molecule has 194 valence electrons. The molecule has 9 heteroatoms. The van der Waals surface area contributed by atoms with Crippen LogP contribution in [-0.2, 0) is 14.8 Å². The Kier molecular flexibility index (Phi) is 6.23. The fourth-order valence-electron chi connectivity index (χ4n) is 5.90. The number of amides is 1. The van der Waals surface area contributed by atoms with E-state index in [0.717, 1.165) is 18.4 Å². The van der Waals surface area contributed by atoms with Crippen LogP contribution in [0.1, 0.15) is 50.5 Å². The normalized spacial score (nSPS) is 23.6. The van der Waals surface area contributed by atoms with Crippen molar-refractivity contribution in [2.45, 2.75) is 74.8 Å². The van der Waals surface area contributed by atoms with Gasteiger partial charge < -0.3 is 4.90 Å². The number of aryl methyl sites for hydroxylation is 1. The average molecular weight is 521 g/mol. The molecule has 1 heterocycles. The summed E-state index contributed by atoms with van der Waals surface area (Å²) >= 11 is 0. The third kappa shape index (κ3) is 4.34. The maximum atomic E-state index is 14.7. The first kappa shape index (κ1) is 25.3. The highest BCUT2D eigenvalue weighted by Gasteiger charge is 2.62. The van der Waals surface area contributed by atoms with E-state index in [4.69, 9.17) is 0 Å². The zero-order valence-corrected chi connectivity index (χ0v) is 21.3. The van der Waals surface area contributed by atoms with E-state index in [9.17, 15) is 26.4 Å². The van der Waals surface area contributed by atoms with Crippen molar-refractivity contribution < 1.29 is 26.4 Å². The lowest BCUT2D eigenvalue weighted by Gasteiger charge is -2.38. The van der Waals surface area contributed by atoms with Gasteiger partial charge >= 0.3 is 0 Å². The van der Waals surface area contributed by atoms with Crippen molar-refractivity contribution in [2.75, 3.05) is 13.6 Å². The van der Waals surface area contributed by atoms with E-state index >= 15 is 0 Å². The van der Waals surface area contributed by atoms with Gasteiger partial charge in [0.05, 0.1) is 4.90 Å². The van der Waals surface area contributed by atoms with Crippen molar-refractivity contribution in [3.63, 3.8) is 0 Å². The summed E-state index contributed by atoms with van der Waals surface area (Å²) < 4.78 is 71.6. The molecule has 1 atom stereocenters. The minimum absolute atomic E-state index is 0.0336. The fourth-order valence-corrected chi connectivity index (χ4v) is 7.76. The molecule has 2 aromatic carbocycles. The van der Waals surface area contributed by atoms with E-state index in [0.29, 0.717) is 6.42 Å². The van der Waals surface area contributed by atoms with Gasteiger partial charge in [0.1, 0.15) is 11.9 Å². The number of carbonyl (C=O) groups excluding carboxylic acids is 1. The van der Waals surface area contributed by atoms with Gasteiger partial charge in [0.25, 0.3) is 0 Å². The van der Waals surface area contributed by atoms with Crippen molar-refractivity contribution in [2.24, 2.45) is 5.41 Å². The highest BCUT2D eigenvalue weighted by atomic mass is 32.2. The van der Waals surface area contributed by atoms with Crippen molar-refractivity contribution in [3.05, 3.63) is 53.8 Å². The van der Waals surface area contributed by atoms with Gasteiger partial charge in [-0.2, -0.15) is 4.31 Å². The summed E-state index contributed by atoms with van der Waals surface area (Å²) in [4.78, 5) is 15.3. The van der Waals surface area contributed by atoms with Crippen LogP contribution in [0.3, 0.4) is 0 Å². The molecule has 5 rings (SSSR count). The fraction of sp³-hybridized carbons (Fsp3) is 0.519. The Balaban J connectivity index is 1.50. The lowest BCUT2D eigenvalue weighted by molar-refractivity contribution is -0.139. The van der Waals surface area contributed by atoms with Gasteiger partial charge in [0, 0.05) is 43.6 Å². The van der Waals surface area contributed by atoms with Crippen LogP contribution >= 0.6 is 0 Å². The molecule has 1 saturated heterocycles. The molecule has 0 bridgehead atoms. The summed E-state index contributed by atoms with van der Waals surface area (Å²) in [5.74, 6) is -3.57. The molecule has 1 spiro atoms. The molecule has 1 aliphatic heterocycles. The Morgan fingerprint density at radius 3 is 2.31 bits per heavy atom. The number of hydrogen-bond donors (Lipinski definition) is 0. The molecule has 2 aliphatic carbocycles. The highest BCUT2D eigenvalue weighted by Crippen LogP contribution is 2.58. The smallest absolute Gasteiger partial charge is 0.248 e. The first-order valence-electron chi connectivity index (χ1n) is 12.5. The molecule has 2 saturated carbocycles. The van der Waals surface area contributed by atoms with Crippen LogP contribution in [0.2, 0.25) is 0 Å². The second-order valence-corrected chi connectivity index (χ2v) is 12.5. The van der Waals surface area contributed by atoms with Crippen LogP contribution in [0.25, 0.3) is 11.1 Å². The van der Waals surface area contributed by atoms with E-state index in [2.05, 4.69) is 0 Å². The lowest BCUT2D eigenvalue weighted by Crippen LogP contribution is -2.53. The van der Waals surface area contributed by atoms with Gasteiger partial charge in [-0.05, 0) is 62.6 Å². The number of hydrogen-bond acceptors (Lipinski definition) is 3. The van der Waals surface area contributed by atoms with E-state index in [1.54, 1.807) is 37.4 Å². The molecule has 0 radical (unpaired) electrons. The Hall–Kier alpha value is -2.39. The van der Waals surface area contributed by atoms with Gasteiger partial charge in [-0.3, -0.25) is 4.79 Å². The van der Waals surface area contributed by atoms with Crippen molar-refractivity contribution in [1.82, 2.24) is 9.21 Å². The molecule has 1 unspecified atom stereocenters. The quantitative estimate of drug-likeness (QED) is 0.532. The monoisotopic (exact) mass is 520 g/mol. The van der Waals surface area contributed by atoms with E-state index < -0.39 is 33.2 Å². The Labute approximate surface area is 210 Å². The summed E-state index contributed by atoms with van der Waals surface area (Å²) in [6.45, 7) is 2.00. The molecule has 1 amide bonds. The molecule has 2 aromatic rings. The van der Waals surface area contributed by atoms with Crippen LogP contribution in [-0.4, -0.2) is 55.1 Å². The molecule has 5 nitrogen and oxygen atoms in total. The third-order valence-corrected chi connectivity index (χ3v) is 10.2. The van der Waals surface area contributed by atoms with Crippen LogP contribution in [0.5, 0.6) is 0 Å². The minimum atomic E-state index is -4.16. The standard InChI is InChI=1S/C27H31F3N2O3S/c1-18-7-8-23(21(17-18)20-5-3-4-6-22(20)28)36(34,35)32-16-15-26(13-14-26)24(32)25(33)31(2)19-9-11-27(29,30)12-10-19/h3-8,17,19,24H,9-16H2,1-2H3. The van der Waals surface area contributed by atoms with Crippen LogP contribution in [0.4, 0.5) is 13.2 Å². The zero-order valence-electron chi connectivity index (χ0n) is 20.5. The second kappa shape index (κ2) is 8.87. The number of alkyl halides is 2. The van der Waals surface area contributed by atoms with Crippen molar-refractivity contribution in [1.29, 1.82) is 0 Å². The zero-order chi connectivity index (χ0) is 25.9. The molecule has 0 aromatic heterocycles. The van der Waals surface area contributed by atoms with Gasteiger partial charge in [0.2, 0.25) is 21.9 Å². The Morgan fingerprint density at radius 1 is 1.00 bits per heavy atom. The second-order valence-electron chi connectivity index (χ2n) is 10.6. The first-order valence-corrected chi connectivity index (χ1v) is 13.9. The largest absolute Gasteiger partial charge is 0.341 e. The molecular weight excluding hydrogens is 489 g/mol. The number of sulfonamides is 1. The maximum absolute atomic E-state index is 14.7. The van der Waals surface area contributed by atoms with Crippen LogP contribution in [0, 0.1) is 18.2 Å². The molecular formula is C27H31F3N2O3S. The topological polar surface area (TPSA) is 57.7 Å². The van der Waals surface area contributed by atoms with Gasteiger partial charge in [-0.1, -0.05) is 29.8 Å². The third-order valence-electron chi connectivity index (χ3n) is 8.29. The summed E-state index contributed by atoms with van der Waals surface area (Å²) in [6.07, 6.45) is 1.90. The van der Waals surface area contributed by atoms with Crippen LogP contribution in [0.15, 0.2) is 47.4 Å². The predicted molar refractivity (Wildman–Crippen MR) is 131 cm³/mol. The maximum Gasteiger partial charge on any atom is 0.248 e. The summed E-state index contributed by atoms with van der Waals surface area (Å²) in [5.41, 5.74) is 0.816. The SMILES string of the molecule is Cc1ccc(S(=O)(=O)N2CCC3(CC3)C2C(=O)N(C)C2CCC(F)(F)CC2)c(-c2ccccc2F)c1. The number of halogens is 3. The molecule has 36 heavy (non-hydrogen) atoms.